The molecule has 0 saturated carbocycles. The van der Waals surface area contributed by atoms with Crippen molar-refractivity contribution in [3.63, 3.8) is 0 Å². The maximum absolute atomic E-state index is 11.8. The van der Waals surface area contributed by atoms with Crippen molar-refractivity contribution >= 4 is 23.3 Å². The summed E-state index contributed by atoms with van der Waals surface area (Å²) >= 11 is 0. The first-order chi connectivity index (χ1) is 9.88. The molecule has 2 aromatic rings. The van der Waals surface area contributed by atoms with Gasteiger partial charge in [-0.2, -0.15) is 0 Å². The van der Waals surface area contributed by atoms with E-state index in [1.807, 2.05) is 0 Å². The molecule has 1 aromatic carbocycles. The molecule has 0 unspecified atom stereocenters. The van der Waals surface area contributed by atoms with Crippen LogP contribution in [0.1, 0.15) is 26.6 Å². The Morgan fingerprint density at radius 2 is 2.10 bits per heavy atom. The van der Waals surface area contributed by atoms with Crippen molar-refractivity contribution in [3.05, 3.63) is 51.4 Å². The minimum absolute atomic E-state index is 0.140. The van der Waals surface area contributed by atoms with Crippen LogP contribution in [-0.2, 0) is 0 Å². The molecular weight excluding hydrogens is 282 g/mol. The van der Waals surface area contributed by atoms with Crippen LogP contribution in [0.5, 0.6) is 0 Å². The van der Waals surface area contributed by atoms with E-state index in [1.54, 1.807) is 6.92 Å². The van der Waals surface area contributed by atoms with E-state index < -0.39 is 22.6 Å². The Morgan fingerprint density at radius 3 is 2.67 bits per heavy atom. The number of nitrogens with zero attached hydrogens (tertiary/aromatic N) is 2. The van der Waals surface area contributed by atoms with Crippen molar-refractivity contribution in [3.8, 4) is 0 Å². The lowest BCUT2D eigenvalue weighted by atomic mass is 10.2. The van der Waals surface area contributed by atoms with Gasteiger partial charge in [0.1, 0.15) is 0 Å². The van der Waals surface area contributed by atoms with Crippen LogP contribution in [0.15, 0.2) is 28.8 Å². The topological polar surface area (TPSA) is 136 Å². The van der Waals surface area contributed by atoms with Gasteiger partial charge in [-0.25, -0.2) is 4.79 Å². The molecule has 2 rings (SSSR count). The lowest BCUT2D eigenvalue weighted by Crippen LogP contribution is -2.12. The molecule has 0 aliphatic carbocycles. The number of aromatic carboxylic acids is 1. The Labute approximate surface area is 117 Å². The number of amides is 1. The first-order valence-electron chi connectivity index (χ1n) is 5.65. The molecule has 2 N–H and O–H groups in total. The number of nitrogens with one attached hydrogen (secondary N) is 1. The van der Waals surface area contributed by atoms with E-state index in [0.717, 1.165) is 6.07 Å². The number of hydrogen-bond acceptors (Lipinski definition) is 6. The van der Waals surface area contributed by atoms with Crippen LogP contribution in [0, 0.1) is 17.0 Å². The molecule has 108 valence electrons. The Balaban J connectivity index is 2.21. The molecule has 0 fully saturated rings. The molecule has 0 aliphatic heterocycles. The Morgan fingerprint density at radius 1 is 1.38 bits per heavy atom. The average Bonchev–Trinajstić information content (AvgIpc) is 2.90. The fourth-order valence-electron chi connectivity index (χ4n) is 1.56. The second kappa shape index (κ2) is 5.41. The molecule has 21 heavy (non-hydrogen) atoms. The number of nitro groups is 1. The van der Waals surface area contributed by atoms with Crippen LogP contribution in [0.4, 0.5) is 11.4 Å². The van der Waals surface area contributed by atoms with Gasteiger partial charge in [-0.3, -0.25) is 14.9 Å². The third-order valence-electron chi connectivity index (χ3n) is 2.62. The highest BCUT2D eigenvalue weighted by molar-refractivity contribution is 6.03. The third-order valence-corrected chi connectivity index (χ3v) is 2.62. The molecule has 0 spiro atoms. The molecule has 9 nitrogen and oxygen atoms in total. The molecule has 0 radical (unpaired) electrons. The number of carboxylic acid groups (broad SMARTS) is 1. The number of aryl methyl sites for hydroxylation is 1. The number of carbonyl (C=O) groups is 2. The summed E-state index contributed by atoms with van der Waals surface area (Å²) < 4.78 is 4.45. The van der Waals surface area contributed by atoms with E-state index >= 15 is 0 Å². The van der Waals surface area contributed by atoms with Gasteiger partial charge in [-0.05, 0) is 13.0 Å². The van der Waals surface area contributed by atoms with Gasteiger partial charge in [0.2, 0.25) is 5.76 Å². The van der Waals surface area contributed by atoms with Crippen molar-refractivity contribution in [1.29, 1.82) is 0 Å². The summed E-state index contributed by atoms with van der Waals surface area (Å²) in [6.45, 7) is 1.57. The summed E-state index contributed by atoms with van der Waals surface area (Å²) in [5.41, 5.74) is 0.263. The number of rotatable bonds is 4. The molecule has 0 saturated heterocycles. The van der Waals surface area contributed by atoms with E-state index in [0.29, 0.717) is 5.56 Å². The largest absolute Gasteiger partial charge is 0.475 e. The minimum atomic E-state index is -1.35. The highest BCUT2D eigenvalue weighted by Gasteiger charge is 2.18. The summed E-state index contributed by atoms with van der Waals surface area (Å²) in [5.74, 6) is -2.56. The Kier molecular flexibility index (Phi) is 3.65. The number of carbonyl (C=O) groups excluding carboxylic acids is 1. The summed E-state index contributed by atoms with van der Waals surface area (Å²) in [7, 11) is 0. The molecule has 1 aromatic heterocycles. The molecule has 0 atom stereocenters. The van der Waals surface area contributed by atoms with E-state index in [1.165, 1.54) is 18.2 Å². The fraction of sp³-hybridized carbons (Fsp3) is 0.0833. The Bertz CT molecular complexity index is 736. The quantitative estimate of drug-likeness (QED) is 0.647. The third kappa shape index (κ3) is 3.03. The molecule has 9 heteroatoms. The zero-order chi connectivity index (χ0) is 15.6. The van der Waals surface area contributed by atoms with Crippen molar-refractivity contribution in [2.45, 2.75) is 6.92 Å². The van der Waals surface area contributed by atoms with Crippen LogP contribution in [0.3, 0.4) is 0 Å². The lowest BCUT2D eigenvalue weighted by molar-refractivity contribution is -0.385. The number of benzene rings is 1. The van der Waals surface area contributed by atoms with Gasteiger partial charge in [0.25, 0.3) is 11.6 Å². The smallest absolute Gasteiger partial charge is 0.374 e. The van der Waals surface area contributed by atoms with Crippen molar-refractivity contribution < 1.29 is 24.1 Å². The molecule has 1 amide bonds. The van der Waals surface area contributed by atoms with Gasteiger partial charge in [0, 0.05) is 23.4 Å². The number of hydrogen-bond donors (Lipinski definition) is 2. The van der Waals surface area contributed by atoms with Crippen molar-refractivity contribution in [2.24, 2.45) is 0 Å². The van der Waals surface area contributed by atoms with Crippen molar-refractivity contribution in [1.82, 2.24) is 5.16 Å². The van der Waals surface area contributed by atoms with E-state index in [9.17, 15) is 19.7 Å². The standard InChI is InChI=1S/C12H9N3O6/c1-6-2-3-7(4-9(6)15(19)20)13-11(16)8-5-10(12(17)18)21-14-8/h2-5H,1H3,(H,13,16)(H,17,18). The van der Waals surface area contributed by atoms with Gasteiger partial charge in [0.05, 0.1) is 4.92 Å². The van der Waals surface area contributed by atoms with Gasteiger partial charge in [-0.1, -0.05) is 11.2 Å². The van der Waals surface area contributed by atoms with E-state index in [2.05, 4.69) is 15.0 Å². The lowest BCUT2D eigenvalue weighted by Gasteiger charge is -2.04. The van der Waals surface area contributed by atoms with Gasteiger partial charge in [-0.15, -0.1) is 0 Å². The monoisotopic (exact) mass is 291 g/mol. The van der Waals surface area contributed by atoms with Crippen molar-refractivity contribution in [2.75, 3.05) is 5.32 Å². The zero-order valence-corrected chi connectivity index (χ0v) is 10.7. The highest BCUT2D eigenvalue weighted by atomic mass is 16.6. The zero-order valence-electron chi connectivity index (χ0n) is 10.7. The molecule has 0 aliphatic rings. The summed E-state index contributed by atoms with van der Waals surface area (Å²) in [4.78, 5) is 32.7. The normalized spacial score (nSPS) is 10.1. The Hall–Kier alpha value is -3.23. The molecule has 1 heterocycles. The van der Waals surface area contributed by atoms with E-state index in [-0.39, 0.29) is 17.1 Å². The average molecular weight is 291 g/mol. The van der Waals surface area contributed by atoms with Gasteiger partial charge >= 0.3 is 5.97 Å². The predicted molar refractivity (Wildman–Crippen MR) is 69.2 cm³/mol. The predicted octanol–water partition coefficient (Wildman–Crippen LogP) is 1.84. The summed E-state index contributed by atoms with van der Waals surface area (Å²) in [5, 5.41) is 25.1. The maximum Gasteiger partial charge on any atom is 0.374 e. The molecular formula is C12H9N3O6. The minimum Gasteiger partial charge on any atom is -0.475 e. The second-order valence-electron chi connectivity index (χ2n) is 4.09. The first-order valence-corrected chi connectivity index (χ1v) is 5.65. The number of carboxylic acids is 1. The van der Waals surface area contributed by atoms with Crippen LogP contribution >= 0.6 is 0 Å². The molecule has 0 bridgehead atoms. The summed E-state index contributed by atoms with van der Waals surface area (Å²) in [6, 6.07) is 5.13. The van der Waals surface area contributed by atoms with Crippen LogP contribution < -0.4 is 5.32 Å². The SMILES string of the molecule is Cc1ccc(NC(=O)c2cc(C(=O)O)on2)cc1[N+](=O)[O-]. The van der Waals surface area contributed by atoms with Gasteiger partial charge in [0.15, 0.2) is 5.69 Å². The van der Waals surface area contributed by atoms with Gasteiger partial charge < -0.3 is 14.9 Å². The van der Waals surface area contributed by atoms with Crippen LogP contribution in [0.2, 0.25) is 0 Å². The number of anilines is 1. The highest BCUT2D eigenvalue weighted by Crippen LogP contribution is 2.22. The fourth-order valence-corrected chi connectivity index (χ4v) is 1.56. The van der Waals surface area contributed by atoms with E-state index in [4.69, 9.17) is 5.11 Å². The number of aromatic nitrogens is 1. The number of nitro benzene ring substituents is 1. The van der Waals surface area contributed by atoms with Crippen LogP contribution in [0.25, 0.3) is 0 Å². The maximum atomic E-state index is 11.8. The first kappa shape index (κ1) is 14.2. The summed E-state index contributed by atoms with van der Waals surface area (Å²) in [6.07, 6.45) is 0. The second-order valence-corrected chi connectivity index (χ2v) is 4.09. The van der Waals surface area contributed by atoms with Crippen LogP contribution in [-0.4, -0.2) is 27.1 Å².